The molecule has 0 saturated carbocycles. The molecule has 0 aromatic carbocycles. The van der Waals surface area contributed by atoms with E-state index >= 15 is 0 Å². The first-order valence-electron chi connectivity index (χ1n) is 9.69. The van der Waals surface area contributed by atoms with Crippen LogP contribution in [0.1, 0.15) is 27.7 Å². The lowest BCUT2D eigenvalue weighted by molar-refractivity contribution is -0.247. The number of aromatic amines is 2. The van der Waals surface area contributed by atoms with Crippen molar-refractivity contribution < 1.29 is 42.9 Å². The van der Waals surface area contributed by atoms with Crippen LogP contribution in [0.3, 0.4) is 0 Å². The highest BCUT2D eigenvalue weighted by molar-refractivity contribution is 5.69. The third-order valence-corrected chi connectivity index (χ3v) is 4.29. The number of ether oxygens (including phenoxy) is 5. The summed E-state index contributed by atoms with van der Waals surface area (Å²) < 4.78 is 26.4. The van der Waals surface area contributed by atoms with E-state index in [1.54, 1.807) is 4.98 Å². The summed E-state index contributed by atoms with van der Waals surface area (Å²) in [6.45, 7) is 3.73. The molecule has 3 N–H and O–H groups in total. The minimum absolute atomic E-state index is 0.499. The van der Waals surface area contributed by atoms with Crippen molar-refractivity contribution in [3.63, 3.8) is 0 Å². The summed E-state index contributed by atoms with van der Waals surface area (Å²) in [5.41, 5.74) is -2.91. The Morgan fingerprint density at radius 1 is 0.882 bits per heavy atom. The minimum atomic E-state index is -1.54. The average molecular weight is 486 g/mol. The molecule has 0 unspecified atom stereocenters. The normalized spacial score (nSPS) is 23.8. The molecule has 1 saturated heterocycles. The molecular weight excluding hydrogens is 464 g/mol. The SMILES string of the molecule is CC(=O)OC[C@H]1O[C@@H](Nc2[nH]c(=O)[nH]c(=O)c2N=O)[C@@H](OC(C)=O)[C@@H](OC(C)=O)[C@H]1OC(C)=O. The van der Waals surface area contributed by atoms with Gasteiger partial charge < -0.3 is 29.0 Å². The van der Waals surface area contributed by atoms with Crippen LogP contribution in [-0.4, -0.2) is 71.1 Å². The van der Waals surface area contributed by atoms with Crippen molar-refractivity contribution in [2.24, 2.45) is 5.18 Å². The first-order valence-corrected chi connectivity index (χ1v) is 9.69. The Morgan fingerprint density at radius 2 is 1.44 bits per heavy atom. The number of carbonyl (C=O) groups is 4. The Balaban J connectivity index is 2.58. The van der Waals surface area contributed by atoms with E-state index < -0.39 is 83.9 Å². The number of carbonyl (C=O) groups excluding carboxylic acids is 4. The van der Waals surface area contributed by atoms with Gasteiger partial charge in [0.25, 0.3) is 5.56 Å². The van der Waals surface area contributed by atoms with Crippen LogP contribution in [0.5, 0.6) is 0 Å². The van der Waals surface area contributed by atoms with Gasteiger partial charge in [0.05, 0.1) is 0 Å². The molecule has 0 amide bonds. The Kier molecular flexibility index (Phi) is 8.60. The average Bonchev–Trinajstić information content (AvgIpc) is 2.69. The van der Waals surface area contributed by atoms with Crippen molar-refractivity contribution in [1.82, 2.24) is 9.97 Å². The van der Waals surface area contributed by atoms with E-state index in [2.05, 4.69) is 15.5 Å². The molecule has 5 atom stereocenters. The van der Waals surface area contributed by atoms with E-state index in [9.17, 15) is 33.7 Å². The van der Waals surface area contributed by atoms with Crippen LogP contribution in [0.15, 0.2) is 14.8 Å². The molecule has 0 radical (unpaired) electrons. The summed E-state index contributed by atoms with van der Waals surface area (Å²) >= 11 is 0. The fourth-order valence-corrected chi connectivity index (χ4v) is 3.16. The number of aromatic nitrogens is 2. The lowest BCUT2D eigenvalue weighted by Gasteiger charge is -2.44. The van der Waals surface area contributed by atoms with Gasteiger partial charge in [-0.25, -0.2) is 4.79 Å². The molecule has 1 aliphatic rings. The van der Waals surface area contributed by atoms with Gasteiger partial charge in [0.1, 0.15) is 18.5 Å². The third kappa shape index (κ3) is 6.71. The van der Waals surface area contributed by atoms with E-state index in [0.29, 0.717) is 0 Å². The molecule has 1 fully saturated rings. The monoisotopic (exact) mass is 486 g/mol. The molecule has 2 heterocycles. The van der Waals surface area contributed by atoms with Gasteiger partial charge in [0.15, 0.2) is 24.5 Å². The molecule has 1 aliphatic heterocycles. The predicted molar refractivity (Wildman–Crippen MR) is 109 cm³/mol. The Labute approximate surface area is 190 Å². The highest BCUT2D eigenvalue weighted by atomic mass is 16.7. The Bertz CT molecular complexity index is 1080. The van der Waals surface area contributed by atoms with Crippen molar-refractivity contribution in [2.45, 2.75) is 58.3 Å². The zero-order valence-electron chi connectivity index (χ0n) is 18.4. The van der Waals surface area contributed by atoms with Crippen LogP contribution in [0.2, 0.25) is 0 Å². The molecule has 16 nitrogen and oxygen atoms in total. The largest absolute Gasteiger partial charge is 0.463 e. The molecule has 1 aromatic heterocycles. The van der Waals surface area contributed by atoms with Crippen molar-refractivity contribution in [3.8, 4) is 0 Å². The van der Waals surface area contributed by atoms with Crippen molar-refractivity contribution >= 4 is 35.4 Å². The van der Waals surface area contributed by atoms with Crippen LogP contribution in [0, 0.1) is 4.91 Å². The van der Waals surface area contributed by atoms with Crippen LogP contribution >= 0.6 is 0 Å². The summed E-state index contributed by atoms with van der Waals surface area (Å²) in [5, 5.41) is 5.04. The van der Waals surface area contributed by atoms with Gasteiger partial charge in [-0.05, 0) is 5.18 Å². The predicted octanol–water partition coefficient (Wildman–Crippen LogP) is -1.04. The number of hydrogen-bond acceptors (Lipinski definition) is 14. The van der Waals surface area contributed by atoms with Crippen LogP contribution in [0.25, 0.3) is 0 Å². The van der Waals surface area contributed by atoms with E-state index in [1.165, 1.54) is 0 Å². The fraction of sp³-hybridized carbons (Fsp3) is 0.556. The van der Waals surface area contributed by atoms with Gasteiger partial charge in [-0.2, -0.15) is 0 Å². The zero-order chi connectivity index (χ0) is 25.6. The van der Waals surface area contributed by atoms with Crippen LogP contribution in [-0.2, 0) is 42.9 Å². The summed E-state index contributed by atoms with van der Waals surface area (Å²) in [6.07, 6.45) is -7.27. The molecule has 1 aromatic rings. The molecule has 0 spiro atoms. The molecule has 16 heteroatoms. The zero-order valence-corrected chi connectivity index (χ0v) is 18.4. The van der Waals surface area contributed by atoms with Crippen molar-refractivity contribution in [1.29, 1.82) is 0 Å². The second-order valence-electron chi connectivity index (χ2n) is 6.99. The molecule has 186 valence electrons. The lowest BCUT2D eigenvalue weighted by Crippen LogP contribution is -2.64. The number of rotatable bonds is 8. The standard InChI is InChI=1S/C18H22N4O12/c1-6(23)30-5-10-12(31-7(2)24)13(32-8(3)25)14(33-9(4)26)17(34-10)19-15-11(22-29)16(27)21-18(28)20-15/h10,12-14,17H,5H2,1-4H3,(H3,19,20,21,27,28)/t10-,12+,13+,14+,17-/m1/s1. The highest BCUT2D eigenvalue weighted by Gasteiger charge is 2.52. The number of nitroso groups, excluding NO2 is 1. The van der Waals surface area contributed by atoms with Crippen LogP contribution in [0.4, 0.5) is 11.5 Å². The maximum Gasteiger partial charge on any atom is 0.327 e. The van der Waals surface area contributed by atoms with Gasteiger partial charge in [0.2, 0.25) is 5.69 Å². The van der Waals surface area contributed by atoms with E-state index in [-0.39, 0.29) is 0 Å². The van der Waals surface area contributed by atoms with Gasteiger partial charge in [0, 0.05) is 27.7 Å². The third-order valence-electron chi connectivity index (χ3n) is 4.29. The number of H-pyrrole nitrogens is 2. The quantitative estimate of drug-likeness (QED) is 0.227. The number of anilines is 1. The molecule has 0 aliphatic carbocycles. The molecule has 34 heavy (non-hydrogen) atoms. The number of nitrogens with one attached hydrogen (secondary N) is 3. The van der Waals surface area contributed by atoms with Crippen molar-refractivity contribution in [2.75, 3.05) is 11.9 Å². The number of esters is 4. The maximum absolute atomic E-state index is 11.9. The molecular formula is C18H22N4O12. The first-order chi connectivity index (χ1) is 15.9. The lowest BCUT2D eigenvalue weighted by atomic mass is 9.97. The maximum atomic E-state index is 11.9. The minimum Gasteiger partial charge on any atom is -0.463 e. The smallest absolute Gasteiger partial charge is 0.327 e. The summed E-state index contributed by atoms with van der Waals surface area (Å²) in [6, 6.07) is 0. The number of nitrogens with zero attached hydrogens (tertiary/aromatic N) is 1. The van der Waals surface area contributed by atoms with E-state index in [0.717, 1.165) is 27.7 Å². The first kappa shape index (κ1) is 26.2. The van der Waals surface area contributed by atoms with Gasteiger partial charge in [-0.1, -0.05) is 0 Å². The Hall–Kier alpha value is -4.08. The molecule has 2 rings (SSSR count). The molecule has 0 bridgehead atoms. The second kappa shape index (κ2) is 11.2. The van der Waals surface area contributed by atoms with Crippen molar-refractivity contribution in [3.05, 3.63) is 25.7 Å². The number of hydrogen-bond donors (Lipinski definition) is 3. The Morgan fingerprint density at radius 3 is 1.97 bits per heavy atom. The second-order valence-corrected chi connectivity index (χ2v) is 6.99. The van der Waals surface area contributed by atoms with E-state index in [1.807, 2.05) is 0 Å². The summed E-state index contributed by atoms with van der Waals surface area (Å²) in [5.74, 6) is -3.77. The van der Waals surface area contributed by atoms with Crippen LogP contribution < -0.4 is 16.6 Å². The fourth-order valence-electron chi connectivity index (χ4n) is 3.16. The van der Waals surface area contributed by atoms with Gasteiger partial charge in [-0.3, -0.25) is 33.9 Å². The van der Waals surface area contributed by atoms with Gasteiger partial charge in [-0.15, -0.1) is 4.91 Å². The van der Waals surface area contributed by atoms with Gasteiger partial charge >= 0.3 is 29.6 Å². The van der Waals surface area contributed by atoms with E-state index in [4.69, 9.17) is 23.7 Å². The topological polar surface area (TPSA) is 222 Å². The summed E-state index contributed by atoms with van der Waals surface area (Å²) in [7, 11) is 0. The summed E-state index contributed by atoms with van der Waals surface area (Å²) in [4.78, 5) is 85.3. The highest BCUT2D eigenvalue weighted by Crippen LogP contribution is 2.30.